The molecule has 0 N–H and O–H groups in total. The quantitative estimate of drug-likeness (QED) is 0.346. The van der Waals surface area contributed by atoms with Crippen molar-refractivity contribution in [2.75, 3.05) is 0 Å². The third kappa shape index (κ3) is 20.6. The zero-order valence-electron chi connectivity index (χ0n) is 9.43. The van der Waals surface area contributed by atoms with E-state index in [1.54, 1.807) is 0 Å². The molecule has 0 aromatic heterocycles. The van der Waals surface area contributed by atoms with E-state index >= 15 is 0 Å². The number of hydrogen-bond acceptors (Lipinski definition) is 6. The third-order valence-electron chi connectivity index (χ3n) is 0.694. The minimum Gasteiger partial charge on any atom is -0.542 e. The minimum atomic E-state index is -5.19. The van der Waals surface area contributed by atoms with Gasteiger partial charge in [-0.25, -0.2) is 0 Å². The highest BCUT2D eigenvalue weighted by atomic mass is 27.0. The van der Waals surface area contributed by atoms with Crippen LogP contribution in [-0.2, 0) is 14.4 Å². The highest BCUT2D eigenvalue weighted by Gasteiger charge is 2.29. The largest absolute Gasteiger partial charge is 0.542 e. The fraction of sp³-hybridized carbons (Fsp3) is 0.500. The minimum absolute atomic E-state index is 0. The predicted molar refractivity (Wildman–Crippen MR) is 38.9 cm³/mol. The van der Waals surface area contributed by atoms with Crippen molar-refractivity contribution in [3.05, 3.63) is 0 Å². The smallest absolute Gasteiger partial charge is 0.430 e. The molecule has 0 aliphatic carbocycles. The number of alkyl halides is 9. The highest BCUT2D eigenvalue weighted by molar-refractivity contribution is 5.75. The van der Waals surface area contributed by atoms with E-state index in [2.05, 4.69) is 0 Å². The van der Waals surface area contributed by atoms with Crippen LogP contribution in [-0.4, -0.2) is 53.8 Å². The maximum atomic E-state index is 10.5. The Morgan fingerprint density at radius 2 is 0.545 bits per heavy atom. The van der Waals surface area contributed by atoms with Crippen molar-refractivity contribution < 1.29 is 69.2 Å². The molecule has 0 aliphatic heterocycles. The second-order valence-corrected chi connectivity index (χ2v) is 2.36. The van der Waals surface area contributed by atoms with E-state index in [1.165, 1.54) is 0 Å². The lowest BCUT2D eigenvalue weighted by molar-refractivity contribution is -0.344. The van der Waals surface area contributed by atoms with Gasteiger partial charge in [0, 0.05) is 17.4 Å². The monoisotopic (exact) mass is 366 g/mol. The van der Waals surface area contributed by atoms with Crippen LogP contribution >= 0.6 is 0 Å². The van der Waals surface area contributed by atoms with E-state index in [0.717, 1.165) is 0 Å². The first kappa shape index (κ1) is 28.5. The SMILES string of the molecule is O=C([O-])C(F)(F)F.O=C([O-])C(F)(F)F.O=C([O-])C(F)(F)F.[Al]. The molecule has 0 heterocycles. The molecule has 0 spiro atoms. The van der Waals surface area contributed by atoms with E-state index < -0.39 is 36.4 Å². The summed E-state index contributed by atoms with van der Waals surface area (Å²) in [6.07, 6.45) is -15.6. The second kappa shape index (κ2) is 10.1. The fourth-order valence-electron chi connectivity index (χ4n) is 0. The first-order valence-corrected chi connectivity index (χ1v) is 3.68. The van der Waals surface area contributed by atoms with Gasteiger partial charge in [-0.3, -0.25) is 0 Å². The van der Waals surface area contributed by atoms with Crippen LogP contribution in [0.2, 0.25) is 0 Å². The maximum absolute atomic E-state index is 10.5. The Kier molecular flexibility index (Phi) is 13.1. The van der Waals surface area contributed by atoms with Gasteiger partial charge >= 0.3 is 18.5 Å². The van der Waals surface area contributed by atoms with Gasteiger partial charge in [-0.05, 0) is 0 Å². The van der Waals surface area contributed by atoms with Crippen molar-refractivity contribution in [3.8, 4) is 0 Å². The lowest BCUT2D eigenvalue weighted by Crippen LogP contribution is -2.37. The zero-order chi connectivity index (χ0) is 18.2. The van der Waals surface area contributed by atoms with Crippen molar-refractivity contribution in [1.29, 1.82) is 0 Å². The van der Waals surface area contributed by atoms with Gasteiger partial charge < -0.3 is 29.7 Å². The Balaban J connectivity index is -0.000000108. The molecule has 0 fully saturated rings. The highest BCUT2D eigenvalue weighted by Crippen LogP contribution is 2.12. The van der Waals surface area contributed by atoms with Crippen molar-refractivity contribution >= 4 is 35.3 Å². The lowest BCUT2D eigenvalue weighted by atomic mass is 10.7. The molecule has 0 bridgehead atoms. The fourth-order valence-corrected chi connectivity index (χ4v) is 0. The normalized spacial score (nSPS) is 10.8. The Hall–Kier alpha value is -1.69. The second-order valence-electron chi connectivity index (χ2n) is 2.36. The third-order valence-corrected chi connectivity index (χ3v) is 0.694. The number of carbonyl (C=O) groups excluding carboxylic acids is 3. The summed E-state index contributed by atoms with van der Waals surface area (Å²) in [5.41, 5.74) is 0. The summed E-state index contributed by atoms with van der Waals surface area (Å²) >= 11 is 0. The maximum Gasteiger partial charge on any atom is 0.430 e. The topological polar surface area (TPSA) is 120 Å². The van der Waals surface area contributed by atoms with Gasteiger partial charge in [-0.15, -0.1) is 0 Å². The average molecular weight is 366 g/mol. The molecule has 0 rings (SSSR count). The first-order valence-electron chi connectivity index (χ1n) is 3.68. The number of aliphatic carboxylic acids is 3. The van der Waals surface area contributed by atoms with Crippen LogP contribution in [0.3, 0.4) is 0 Å². The van der Waals surface area contributed by atoms with Crippen molar-refractivity contribution in [2.45, 2.75) is 18.5 Å². The van der Waals surface area contributed by atoms with Crippen LogP contribution in [0.1, 0.15) is 0 Å². The Bertz CT molecular complexity index is 313. The van der Waals surface area contributed by atoms with Gasteiger partial charge in [0.25, 0.3) is 0 Å². The summed E-state index contributed by atoms with van der Waals surface area (Å²) in [4.78, 5) is 26.4. The molecule has 0 aliphatic rings. The van der Waals surface area contributed by atoms with Gasteiger partial charge in [-0.1, -0.05) is 0 Å². The van der Waals surface area contributed by atoms with Gasteiger partial charge in [-0.2, -0.15) is 39.5 Å². The van der Waals surface area contributed by atoms with Crippen molar-refractivity contribution in [2.24, 2.45) is 0 Å². The molecule has 0 amide bonds. The van der Waals surface area contributed by atoms with Crippen molar-refractivity contribution in [1.82, 2.24) is 0 Å². The van der Waals surface area contributed by atoms with Crippen LogP contribution < -0.4 is 15.3 Å². The number of rotatable bonds is 0. The van der Waals surface area contributed by atoms with Crippen molar-refractivity contribution in [3.63, 3.8) is 0 Å². The summed E-state index contributed by atoms with van der Waals surface area (Å²) < 4.78 is 94.6. The summed E-state index contributed by atoms with van der Waals surface area (Å²) in [5.74, 6) is -9.02. The summed E-state index contributed by atoms with van der Waals surface area (Å²) in [6.45, 7) is 0. The number of carbonyl (C=O) groups is 3. The van der Waals surface area contributed by atoms with Crippen LogP contribution in [0.4, 0.5) is 39.5 Å². The van der Waals surface area contributed by atoms with E-state index in [4.69, 9.17) is 29.7 Å². The molecule has 0 atom stereocenters. The molecule has 129 valence electrons. The van der Waals surface area contributed by atoms with Crippen LogP contribution in [0.25, 0.3) is 0 Å². The summed E-state index contributed by atoms with van der Waals surface area (Å²) in [7, 11) is 0. The number of carboxylic acid groups (broad SMARTS) is 3. The molecule has 6 nitrogen and oxygen atoms in total. The molecule has 0 saturated carbocycles. The molecule has 0 saturated heterocycles. The van der Waals surface area contributed by atoms with Crippen LogP contribution in [0, 0.1) is 0 Å². The Morgan fingerprint density at radius 3 is 0.545 bits per heavy atom. The van der Waals surface area contributed by atoms with Crippen LogP contribution in [0.5, 0.6) is 0 Å². The Morgan fingerprint density at radius 1 is 0.500 bits per heavy atom. The number of hydrogen-bond donors (Lipinski definition) is 0. The molecule has 0 unspecified atom stereocenters. The molecule has 0 aromatic carbocycles. The predicted octanol–water partition coefficient (Wildman–Crippen LogP) is -2.49. The Labute approximate surface area is 124 Å². The summed E-state index contributed by atoms with van der Waals surface area (Å²) in [5, 5.41) is 26.4. The standard InChI is InChI=1S/3C2HF3O2.Al/c3*3-2(4,5)1(6)7;/h3*(H,6,7);/p-3. The molecular weight excluding hydrogens is 366 g/mol. The molecule has 16 heteroatoms. The van der Waals surface area contributed by atoms with Gasteiger partial charge in [0.2, 0.25) is 0 Å². The average Bonchev–Trinajstić information content (AvgIpc) is 2.14. The van der Waals surface area contributed by atoms with Gasteiger partial charge in [0.05, 0.1) is 0 Å². The van der Waals surface area contributed by atoms with E-state index in [1.807, 2.05) is 0 Å². The summed E-state index contributed by atoms with van der Waals surface area (Å²) in [6, 6.07) is 0. The van der Waals surface area contributed by atoms with Gasteiger partial charge in [0.15, 0.2) is 0 Å². The molecular formula is C6AlF9O6-3. The van der Waals surface area contributed by atoms with E-state index in [0.29, 0.717) is 0 Å². The lowest BCUT2D eigenvalue weighted by Gasteiger charge is -2.03. The number of carboxylic acids is 3. The first-order chi connectivity index (χ1) is 8.83. The van der Waals surface area contributed by atoms with Gasteiger partial charge in [0.1, 0.15) is 17.9 Å². The van der Waals surface area contributed by atoms with E-state index in [9.17, 15) is 39.5 Å². The zero-order valence-corrected chi connectivity index (χ0v) is 10.6. The van der Waals surface area contributed by atoms with E-state index in [-0.39, 0.29) is 17.4 Å². The molecule has 22 heavy (non-hydrogen) atoms. The molecule has 0 aromatic rings. The number of halogens is 9. The van der Waals surface area contributed by atoms with Crippen LogP contribution in [0.15, 0.2) is 0 Å². The molecule has 3 radical (unpaired) electrons.